The van der Waals surface area contributed by atoms with Gasteiger partial charge in [-0.25, -0.2) is 0 Å². The monoisotopic (exact) mass is 474 g/mol. The van der Waals surface area contributed by atoms with E-state index in [4.69, 9.17) is 14.5 Å². The molecule has 4 aliphatic rings. The molecule has 2 atom stereocenters. The summed E-state index contributed by atoms with van der Waals surface area (Å²) < 4.78 is 51.9. The number of pyridine rings is 2. The normalized spacial score (nSPS) is 26.7. The summed E-state index contributed by atoms with van der Waals surface area (Å²) in [5, 5.41) is 11.4. The molecule has 2 unspecified atom stereocenters. The molecule has 6 rings (SSSR count). The van der Waals surface area contributed by atoms with Crippen LogP contribution >= 0.6 is 0 Å². The van der Waals surface area contributed by atoms with Gasteiger partial charge in [-0.2, -0.15) is 13.2 Å². The Morgan fingerprint density at radius 3 is 2.41 bits per heavy atom. The molecule has 0 bridgehead atoms. The minimum atomic E-state index is -4.50. The summed E-state index contributed by atoms with van der Waals surface area (Å²) in [4.78, 5) is 8.82. The van der Waals surface area contributed by atoms with Crippen LogP contribution in [0, 0.1) is 5.41 Å². The summed E-state index contributed by atoms with van der Waals surface area (Å²) >= 11 is 0. The lowest BCUT2D eigenvalue weighted by atomic mass is 9.73. The second-order valence-electron chi connectivity index (χ2n) is 10.8. The predicted octanol–water partition coefficient (Wildman–Crippen LogP) is 5.50. The lowest BCUT2D eigenvalue weighted by Gasteiger charge is -2.38. The van der Waals surface area contributed by atoms with E-state index in [1.165, 1.54) is 12.3 Å². The highest BCUT2D eigenvalue weighted by Gasteiger charge is 2.55. The number of ether oxygens (including phenoxy) is 2. The van der Waals surface area contributed by atoms with E-state index in [1.54, 1.807) is 0 Å². The van der Waals surface area contributed by atoms with E-state index in [1.807, 2.05) is 0 Å². The molecule has 0 amide bonds. The van der Waals surface area contributed by atoms with Gasteiger partial charge in [-0.15, -0.1) is 0 Å². The van der Waals surface area contributed by atoms with Gasteiger partial charge < -0.3 is 14.6 Å². The molecule has 2 spiro atoms. The number of aliphatic hydroxyl groups excluding tert-OH is 1. The van der Waals surface area contributed by atoms with E-state index in [0.717, 1.165) is 59.8 Å². The molecule has 2 fully saturated rings. The van der Waals surface area contributed by atoms with E-state index in [9.17, 15) is 18.3 Å². The number of alkyl halides is 3. The fourth-order valence-corrected chi connectivity index (χ4v) is 6.25. The molecule has 2 aromatic rings. The second-order valence-corrected chi connectivity index (χ2v) is 10.8. The van der Waals surface area contributed by atoms with Crippen molar-refractivity contribution < 1.29 is 27.8 Å². The van der Waals surface area contributed by atoms with Crippen molar-refractivity contribution in [1.82, 2.24) is 9.97 Å². The molecule has 0 aromatic carbocycles. The first kappa shape index (κ1) is 22.4. The minimum Gasteiger partial charge on any atom is -0.388 e. The molecule has 2 aliphatic heterocycles. The Morgan fingerprint density at radius 2 is 1.82 bits per heavy atom. The van der Waals surface area contributed by atoms with Crippen molar-refractivity contribution in [2.45, 2.75) is 82.3 Å². The molecule has 4 heterocycles. The smallest absolute Gasteiger partial charge is 0.388 e. The van der Waals surface area contributed by atoms with Crippen molar-refractivity contribution >= 4 is 0 Å². The number of hydrogen-bond donors (Lipinski definition) is 1. The molecule has 2 aromatic heterocycles. The van der Waals surface area contributed by atoms with Gasteiger partial charge in [0.15, 0.2) is 0 Å². The van der Waals surface area contributed by atoms with E-state index in [-0.39, 0.29) is 11.3 Å². The average Bonchev–Trinajstić information content (AvgIpc) is 3.46. The summed E-state index contributed by atoms with van der Waals surface area (Å²) in [5.74, 6) is 0.0942. The summed E-state index contributed by atoms with van der Waals surface area (Å²) in [6, 6.07) is 2.47. The summed E-state index contributed by atoms with van der Waals surface area (Å²) in [6.07, 6.45) is 0.690. The van der Waals surface area contributed by atoms with Crippen LogP contribution in [0.2, 0.25) is 0 Å². The zero-order valence-corrected chi connectivity index (χ0v) is 19.4. The Labute approximate surface area is 196 Å². The highest BCUT2D eigenvalue weighted by molar-refractivity contribution is 5.54. The Morgan fingerprint density at radius 1 is 1.09 bits per heavy atom. The number of nitrogens with zero attached hydrogens (tertiary/aromatic N) is 2. The van der Waals surface area contributed by atoms with Crippen molar-refractivity contribution in [3.8, 4) is 0 Å². The summed E-state index contributed by atoms with van der Waals surface area (Å²) in [7, 11) is 0. The second kappa shape index (κ2) is 7.48. The van der Waals surface area contributed by atoms with Crippen molar-refractivity contribution in [1.29, 1.82) is 0 Å². The van der Waals surface area contributed by atoms with Crippen LogP contribution in [0.1, 0.15) is 103 Å². The van der Waals surface area contributed by atoms with Crippen molar-refractivity contribution in [3.05, 3.63) is 57.7 Å². The maximum atomic E-state index is 13.1. The van der Waals surface area contributed by atoms with Crippen LogP contribution in [0.25, 0.3) is 0 Å². The van der Waals surface area contributed by atoms with Gasteiger partial charge in [-0.3, -0.25) is 9.97 Å². The predicted molar refractivity (Wildman–Crippen MR) is 117 cm³/mol. The number of fused-ring (bicyclic) bond motifs is 4. The number of aromatic nitrogens is 2. The molecule has 2 aliphatic carbocycles. The van der Waals surface area contributed by atoms with Crippen molar-refractivity contribution in [3.63, 3.8) is 0 Å². The van der Waals surface area contributed by atoms with E-state index in [0.29, 0.717) is 31.6 Å². The van der Waals surface area contributed by atoms with Gasteiger partial charge in [0.1, 0.15) is 11.8 Å². The minimum absolute atomic E-state index is 0.0942. The molecular formula is C26H29F3N2O3. The van der Waals surface area contributed by atoms with Crippen LogP contribution < -0.4 is 0 Å². The van der Waals surface area contributed by atoms with Crippen molar-refractivity contribution in [2.24, 2.45) is 5.41 Å². The Bertz CT molecular complexity index is 1120. The van der Waals surface area contributed by atoms with Gasteiger partial charge >= 0.3 is 6.18 Å². The van der Waals surface area contributed by atoms with E-state index < -0.39 is 29.7 Å². The Kier molecular flexibility index (Phi) is 4.94. The topological polar surface area (TPSA) is 64.5 Å². The molecule has 0 radical (unpaired) electrons. The first-order valence-corrected chi connectivity index (χ1v) is 12.2. The first-order valence-electron chi connectivity index (χ1n) is 12.2. The standard InChI is InChI=1S/C26H29F3N2O3/c1-14(2)22-20-21(19-16(31-22)11-24(5-6-24)12-17(19)32)25(7-9-33-10-8-25)34-23(20)15-3-4-18(30-13-15)26(27,28)29/h3-4,13-14,17,23,32H,5-12H2,1-2H3. The third-order valence-electron chi connectivity index (χ3n) is 8.13. The quantitative estimate of drug-likeness (QED) is 0.622. The van der Waals surface area contributed by atoms with Crippen LogP contribution in [0.15, 0.2) is 18.3 Å². The fourth-order valence-electron chi connectivity index (χ4n) is 6.25. The van der Waals surface area contributed by atoms with Crippen LogP contribution in [0.3, 0.4) is 0 Å². The Balaban J connectivity index is 1.56. The maximum absolute atomic E-state index is 13.1. The highest BCUT2D eigenvalue weighted by atomic mass is 19.4. The van der Waals surface area contributed by atoms with Crippen LogP contribution in [0.5, 0.6) is 0 Å². The van der Waals surface area contributed by atoms with Gasteiger partial charge in [-0.05, 0) is 48.6 Å². The largest absolute Gasteiger partial charge is 0.433 e. The number of hydrogen-bond acceptors (Lipinski definition) is 5. The highest BCUT2D eigenvalue weighted by Crippen LogP contribution is 2.62. The molecule has 34 heavy (non-hydrogen) atoms. The number of rotatable bonds is 2. The van der Waals surface area contributed by atoms with Crippen molar-refractivity contribution in [2.75, 3.05) is 13.2 Å². The van der Waals surface area contributed by atoms with Gasteiger partial charge in [0.25, 0.3) is 0 Å². The lowest BCUT2D eigenvalue weighted by Crippen LogP contribution is -2.36. The first-order chi connectivity index (χ1) is 16.1. The third-order valence-corrected chi connectivity index (χ3v) is 8.13. The maximum Gasteiger partial charge on any atom is 0.433 e. The average molecular weight is 475 g/mol. The zero-order chi connectivity index (χ0) is 23.9. The van der Waals surface area contributed by atoms with Gasteiger partial charge in [0.05, 0.1) is 11.7 Å². The molecular weight excluding hydrogens is 445 g/mol. The zero-order valence-electron chi connectivity index (χ0n) is 19.4. The third kappa shape index (κ3) is 3.40. The molecule has 1 saturated carbocycles. The molecule has 5 nitrogen and oxygen atoms in total. The van der Waals surface area contributed by atoms with Crippen LogP contribution in [0.4, 0.5) is 13.2 Å². The summed E-state index contributed by atoms with van der Waals surface area (Å²) in [6.45, 7) is 5.23. The number of halogens is 3. The summed E-state index contributed by atoms with van der Waals surface area (Å²) in [5.41, 5.74) is 3.86. The fraction of sp³-hybridized carbons (Fsp3) is 0.615. The number of aliphatic hydroxyl groups is 1. The van der Waals surface area contributed by atoms with E-state index in [2.05, 4.69) is 18.8 Å². The van der Waals surface area contributed by atoms with E-state index >= 15 is 0 Å². The molecule has 8 heteroatoms. The van der Waals surface area contributed by atoms with Gasteiger partial charge in [0.2, 0.25) is 0 Å². The molecule has 1 N–H and O–H groups in total. The van der Waals surface area contributed by atoms with Crippen LogP contribution in [-0.2, 0) is 27.7 Å². The Hall–Kier alpha value is -2.03. The molecule has 182 valence electrons. The van der Waals surface area contributed by atoms with Gasteiger partial charge in [0, 0.05) is 60.3 Å². The SMILES string of the molecule is CC(C)c1nc2c(c3c1C(c1ccc(C(F)(F)F)nc1)OC31CCOCC1)C(O)CC1(CC1)C2. The van der Waals surface area contributed by atoms with Crippen LogP contribution in [-0.4, -0.2) is 28.3 Å². The lowest BCUT2D eigenvalue weighted by molar-refractivity contribution is -0.141. The molecule has 1 saturated heterocycles. The van der Waals surface area contributed by atoms with Gasteiger partial charge in [-0.1, -0.05) is 19.9 Å².